The fourth-order valence-corrected chi connectivity index (χ4v) is 1.38. The highest BCUT2D eigenvalue weighted by Crippen LogP contribution is 2.11. The average molecular weight is 212 g/mol. The molecule has 0 unspecified atom stereocenters. The molecule has 0 spiro atoms. The standard InChI is InChI=1S/C9H6ClNO3/c10-5-8(12)11-6-3-1-2-4-7(6)14-9(11)13/h1-4H,5H2. The minimum Gasteiger partial charge on any atom is -0.407 e. The normalized spacial score (nSPS) is 10.6. The second kappa shape index (κ2) is 3.31. The second-order valence-corrected chi connectivity index (χ2v) is 2.97. The molecule has 0 saturated heterocycles. The van der Waals surface area contributed by atoms with Gasteiger partial charge in [-0.15, -0.1) is 11.6 Å². The Bertz CT molecular complexity index is 540. The Morgan fingerprint density at radius 2 is 2.14 bits per heavy atom. The number of hydrogen-bond acceptors (Lipinski definition) is 3. The Balaban J connectivity index is 2.81. The van der Waals surface area contributed by atoms with Gasteiger partial charge in [-0.3, -0.25) is 4.79 Å². The van der Waals surface area contributed by atoms with E-state index in [1.165, 1.54) is 0 Å². The molecule has 0 radical (unpaired) electrons. The van der Waals surface area contributed by atoms with Crippen LogP contribution in [0.25, 0.3) is 11.1 Å². The SMILES string of the molecule is O=C(CCl)n1c(=O)oc2ccccc21. The average Bonchev–Trinajstić information content (AvgIpc) is 2.53. The van der Waals surface area contributed by atoms with Gasteiger partial charge in [0.2, 0.25) is 0 Å². The predicted molar refractivity (Wildman–Crippen MR) is 51.8 cm³/mol. The lowest BCUT2D eigenvalue weighted by atomic mass is 10.3. The van der Waals surface area contributed by atoms with Crippen LogP contribution in [0.5, 0.6) is 0 Å². The molecule has 14 heavy (non-hydrogen) atoms. The molecule has 1 aromatic carbocycles. The number of hydrogen-bond donors (Lipinski definition) is 0. The second-order valence-electron chi connectivity index (χ2n) is 2.70. The van der Waals surface area contributed by atoms with Gasteiger partial charge in [-0.2, -0.15) is 0 Å². The van der Waals surface area contributed by atoms with E-state index in [4.69, 9.17) is 16.0 Å². The lowest BCUT2D eigenvalue weighted by molar-refractivity contribution is 0.0937. The van der Waals surface area contributed by atoms with Gasteiger partial charge in [0, 0.05) is 0 Å². The summed E-state index contributed by atoms with van der Waals surface area (Å²) in [5.41, 5.74) is 0.833. The molecule has 2 aromatic rings. The van der Waals surface area contributed by atoms with Crippen LogP contribution in [-0.2, 0) is 0 Å². The van der Waals surface area contributed by atoms with Crippen molar-refractivity contribution >= 4 is 28.6 Å². The van der Waals surface area contributed by atoms with Crippen molar-refractivity contribution in [2.75, 3.05) is 5.88 Å². The van der Waals surface area contributed by atoms with Crippen LogP contribution in [0.1, 0.15) is 4.79 Å². The number of alkyl halides is 1. The molecule has 0 aliphatic heterocycles. The molecule has 0 amide bonds. The van der Waals surface area contributed by atoms with Crippen LogP contribution in [-0.4, -0.2) is 16.4 Å². The van der Waals surface area contributed by atoms with Crippen molar-refractivity contribution in [3.05, 3.63) is 34.8 Å². The van der Waals surface area contributed by atoms with E-state index in [1.807, 2.05) is 0 Å². The molecule has 1 aromatic heterocycles. The Morgan fingerprint density at radius 1 is 1.43 bits per heavy atom. The first kappa shape index (κ1) is 9.02. The fraction of sp³-hybridized carbons (Fsp3) is 0.111. The molecule has 2 rings (SSSR count). The lowest BCUT2D eigenvalue weighted by Gasteiger charge is -1.94. The summed E-state index contributed by atoms with van der Waals surface area (Å²) in [5.74, 6) is -1.43. The van der Waals surface area contributed by atoms with Crippen LogP contribution in [0.2, 0.25) is 0 Å². The van der Waals surface area contributed by atoms with Gasteiger partial charge in [-0.1, -0.05) is 12.1 Å². The zero-order valence-corrected chi connectivity index (χ0v) is 7.82. The first-order valence-corrected chi connectivity index (χ1v) is 4.47. The Kier molecular flexibility index (Phi) is 2.13. The monoisotopic (exact) mass is 211 g/mol. The van der Waals surface area contributed by atoms with E-state index in [0.29, 0.717) is 11.1 Å². The van der Waals surface area contributed by atoms with Gasteiger partial charge in [-0.05, 0) is 12.1 Å². The maximum atomic E-state index is 11.3. The van der Waals surface area contributed by atoms with Gasteiger partial charge in [0.25, 0.3) is 5.91 Å². The minimum absolute atomic E-state index is 0.247. The van der Waals surface area contributed by atoms with E-state index in [1.54, 1.807) is 24.3 Å². The maximum Gasteiger partial charge on any atom is 0.426 e. The van der Waals surface area contributed by atoms with Crippen LogP contribution in [0, 0.1) is 0 Å². The van der Waals surface area contributed by atoms with Crippen molar-refractivity contribution in [1.29, 1.82) is 0 Å². The summed E-state index contributed by atoms with van der Waals surface area (Å²) < 4.78 is 5.78. The van der Waals surface area contributed by atoms with Gasteiger partial charge < -0.3 is 4.42 Å². The van der Waals surface area contributed by atoms with Gasteiger partial charge in [-0.25, -0.2) is 9.36 Å². The molecule has 0 N–H and O–H groups in total. The van der Waals surface area contributed by atoms with Crippen molar-refractivity contribution in [2.45, 2.75) is 0 Å². The molecule has 0 fully saturated rings. The molecule has 4 nitrogen and oxygen atoms in total. The fourth-order valence-electron chi connectivity index (χ4n) is 1.26. The smallest absolute Gasteiger partial charge is 0.407 e. The van der Waals surface area contributed by atoms with Gasteiger partial charge in [0.15, 0.2) is 5.58 Å². The summed E-state index contributed by atoms with van der Waals surface area (Å²) >= 11 is 5.36. The summed E-state index contributed by atoms with van der Waals surface area (Å²) in [7, 11) is 0. The number of aromatic nitrogens is 1. The number of fused-ring (bicyclic) bond motifs is 1. The molecule has 72 valence electrons. The maximum absolute atomic E-state index is 11.3. The summed E-state index contributed by atoms with van der Waals surface area (Å²) in [6, 6.07) is 6.69. The van der Waals surface area contributed by atoms with E-state index in [-0.39, 0.29) is 5.88 Å². The summed E-state index contributed by atoms with van der Waals surface area (Å²) in [5, 5.41) is 0. The topological polar surface area (TPSA) is 52.2 Å². The highest BCUT2D eigenvalue weighted by Gasteiger charge is 2.13. The summed E-state index contributed by atoms with van der Waals surface area (Å²) in [4.78, 5) is 22.5. The summed E-state index contributed by atoms with van der Waals surface area (Å²) in [6.07, 6.45) is 0. The van der Waals surface area contributed by atoms with Crippen LogP contribution in [0.3, 0.4) is 0 Å². The third-order valence-corrected chi connectivity index (χ3v) is 2.08. The highest BCUT2D eigenvalue weighted by atomic mass is 35.5. The van der Waals surface area contributed by atoms with E-state index in [2.05, 4.69) is 0 Å². The first-order valence-electron chi connectivity index (χ1n) is 3.94. The molecular formula is C9H6ClNO3. The third kappa shape index (κ3) is 1.24. The van der Waals surface area contributed by atoms with Gasteiger partial charge >= 0.3 is 5.76 Å². The first-order chi connectivity index (χ1) is 6.74. The lowest BCUT2D eigenvalue weighted by Crippen LogP contribution is -2.23. The Hall–Kier alpha value is -1.55. The number of oxazole rings is 1. The van der Waals surface area contributed by atoms with Crippen LogP contribution in [0.15, 0.2) is 33.5 Å². The predicted octanol–water partition coefficient (Wildman–Crippen LogP) is 1.47. The number of halogens is 1. The Morgan fingerprint density at radius 3 is 2.86 bits per heavy atom. The highest BCUT2D eigenvalue weighted by molar-refractivity contribution is 6.27. The minimum atomic E-state index is -0.697. The Labute approximate surface area is 83.7 Å². The zero-order valence-electron chi connectivity index (χ0n) is 7.07. The number of benzene rings is 1. The van der Waals surface area contributed by atoms with E-state index < -0.39 is 11.7 Å². The van der Waals surface area contributed by atoms with Crippen LogP contribution >= 0.6 is 11.6 Å². The number of carbonyl (C=O) groups is 1. The molecule has 0 bridgehead atoms. The largest absolute Gasteiger partial charge is 0.426 e. The van der Waals surface area contributed by atoms with Crippen LogP contribution < -0.4 is 5.76 Å². The van der Waals surface area contributed by atoms with Crippen molar-refractivity contribution in [1.82, 2.24) is 4.57 Å². The van der Waals surface area contributed by atoms with Crippen molar-refractivity contribution < 1.29 is 9.21 Å². The number of nitrogens with zero attached hydrogens (tertiary/aromatic N) is 1. The molecule has 0 atom stereocenters. The molecule has 1 heterocycles. The molecular weight excluding hydrogens is 206 g/mol. The van der Waals surface area contributed by atoms with E-state index >= 15 is 0 Å². The van der Waals surface area contributed by atoms with Gasteiger partial charge in [0.1, 0.15) is 5.88 Å². The molecule has 5 heteroatoms. The number of para-hydroxylation sites is 2. The van der Waals surface area contributed by atoms with E-state index in [9.17, 15) is 9.59 Å². The number of rotatable bonds is 1. The van der Waals surface area contributed by atoms with E-state index in [0.717, 1.165) is 4.57 Å². The zero-order chi connectivity index (χ0) is 10.1. The quantitative estimate of drug-likeness (QED) is 0.672. The van der Waals surface area contributed by atoms with Crippen molar-refractivity contribution in [3.8, 4) is 0 Å². The van der Waals surface area contributed by atoms with Crippen molar-refractivity contribution in [2.24, 2.45) is 0 Å². The molecule has 0 aliphatic rings. The third-order valence-electron chi connectivity index (χ3n) is 1.85. The van der Waals surface area contributed by atoms with Crippen molar-refractivity contribution in [3.63, 3.8) is 0 Å². The van der Waals surface area contributed by atoms with Crippen LogP contribution in [0.4, 0.5) is 0 Å². The van der Waals surface area contributed by atoms with Gasteiger partial charge in [0.05, 0.1) is 5.52 Å². The molecule has 0 saturated carbocycles. The molecule has 0 aliphatic carbocycles. The summed E-state index contributed by atoms with van der Waals surface area (Å²) in [6.45, 7) is 0. The number of carbonyl (C=O) groups excluding carboxylic acids is 1.